The number of hydrogen-bond acceptors (Lipinski definition) is 9. The van der Waals surface area contributed by atoms with Crippen LogP contribution in [0.15, 0.2) is 54.7 Å². The van der Waals surface area contributed by atoms with E-state index in [0.29, 0.717) is 41.8 Å². The van der Waals surface area contributed by atoms with Crippen LogP contribution in [0.1, 0.15) is 31.7 Å². The molecule has 0 spiro atoms. The fraction of sp³-hybridized carbons (Fsp3) is 0.433. The molecule has 0 bridgehead atoms. The molecule has 2 aromatic heterocycles. The monoisotopic (exact) mass is 605 g/mol. The summed E-state index contributed by atoms with van der Waals surface area (Å²) in [5.74, 6) is 0.610. The van der Waals surface area contributed by atoms with Gasteiger partial charge in [0.25, 0.3) is 0 Å². The SMILES string of the molecule is CN1CCN(c2ccc(Nc3ncc4nc(Nc5ccc(F)cc5)n([C@H]5CCCN(S(=O)(=O)C6CC6)C5)c4n3)cc2)CC1. The lowest BCUT2D eigenvalue weighted by molar-refractivity contribution is 0.271. The minimum atomic E-state index is -3.32. The smallest absolute Gasteiger partial charge is 0.229 e. The van der Waals surface area contributed by atoms with E-state index in [1.807, 2.05) is 16.7 Å². The van der Waals surface area contributed by atoms with Crippen LogP contribution in [-0.2, 0) is 10.0 Å². The molecule has 1 aliphatic carbocycles. The lowest BCUT2D eigenvalue weighted by Gasteiger charge is -2.34. The van der Waals surface area contributed by atoms with E-state index in [1.165, 1.54) is 17.8 Å². The number of piperazine rings is 1. The van der Waals surface area contributed by atoms with Gasteiger partial charge in [-0.3, -0.25) is 4.57 Å². The zero-order valence-electron chi connectivity index (χ0n) is 24.2. The Balaban J connectivity index is 1.19. The van der Waals surface area contributed by atoms with Crippen molar-refractivity contribution in [2.24, 2.45) is 0 Å². The number of fused-ring (bicyclic) bond motifs is 1. The maximum atomic E-state index is 13.6. The molecular formula is C30H36FN9O2S. The Hall–Kier alpha value is -3.81. The molecular weight excluding hydrogens is 569 g/mol. The van der Waals surface area contributed by atoms with Crippen LogP contribution < -0.4 is 15.5 Å². The van der Waals surface area contributed by atoms with Crippen molar-refractivity contribution in [1.29, 1.82) is 0 Å². The van der Waals surface area contributed by atoms with Crippen molar-refractivity contribution in [3.05, 3.63) is 60.5 Å². The van der Waals surface area contributed by atoms with E-state index in [1.54, 1.807) is 22.6 Å². The quantitative estimate of drug-likeness (QED) is 0.303. The van der Waals surface area contributed by atoms with Gasteiger partial charge in [0, 0.05) is 56.3 Å². The summed E-state index contributed by atoms with van der Waals surface area (Å²) in [6.07, 6.45) is 4.65. The molecule has 2 N–H and O–H groups in total. The van der Waals surface area contributed by atoms with Crippen molar-refractivity contribution in [2.45, 2.75) is 37.0 Å². The molecule has 3 aliphatic rings. The maximum Gasteiger partial charge on any atom is 0.229 e. The third kappa shape index (κ3) is 5.89. The number of nitrogens with one attached hydrogen (secondary N) is 2. The summed E-state index contributed by atoms with van der Waals surface area (Å²) >= 11 is 0. The molecule has 0 amide bonds. The van der Waals surface area contributed by atoms with E-state index < -0.39 is 10.0 Å². The number of anilines is 5. The fourth-order valence-electron chi connectivity index (χ4n) is 5.94. The minimum absolute atomic E-state index is 0.180. The molecule has 2 saturated heterocycles. The number of imidazole rings is 1. The molecule has 3 fully saturated rings. The molecule has 11 nitrogen and oxygen atoms in total. The second-order valence-corrected chi connectivity index (χ2v) is 13.9. The predicted octanol–water partition coefficient (Wildman–Crippen LogP) is 4.33. The Morgan fingerprint density at radius 1 is 0.860 bits per heavy atom. The molecule has 1 saturated carbocycles. The highest BCUT2D eigenvalue weighted by Gasteiger charge is 2.42. The number of nitrogens with zero attached hydrogens (tertiary/aromatic N) is 7. The van der Waals surface area contributed by atoms with Crippen LogP contribution >= 0.6 is 0 Å². The Kier molecular flexibility index (Phi) is 7.39. The maximum absolute atomic E-state index is 13.6. The third-order valence-electron chi connectivity index (χ3n) is 8.55. The number of rotatable bonds is 8. The molecule has 1 atom stereocenters. The number of hydrogen-bond donors (Lipinski definition) is 2. The number of sulfonamides is 1. The average Bonchev–Trinajstić information content (AvgIpc) is 3.82. The van der Waals surface area contributed by atoms with Crippen LogP contribution in [0.4, 0.5) is 33.3 Å². The van der Waals surface area contributed by atoms with Crippen LogP contribution in [0.25, 0.3) is 11.2 Å². The Bertz CT molecular complexity index is 1700. The summed E-state index contributed by atoms with van der Waals surface area (Å²) in [6.45, 7) is 4.97. The van der Waals surface area contributed by atoms with Crippen molar-refractivity contribution in [3.8, 4) is 0 Å². The van der Waals surface area contributed by atoms with Gasteiger partial charge in [0.2, 0.25) is 21.9 Å². The number of aromatic nitrogens is 4. The summed E-state index contributed by atoms with van der Waals surface area (Å²) in [7, 11) is -1.17. The molecule has 2 aliphatic heterocycles. The highest BCUT2D eigenvalue weighted by molar-refractivity contribution is 7.90. The first kappa shape index (κ1) is 28.0. The van der Waals surface area contributed by atoms with Gasteiger partial charge in [-0.25, -0.2) is 22.8 Å². The van der Waals surface area contributed by atoms with Crippen molar-refractivity contribution in [1.82, 2.24) is 28.7 Å². The highest BCUT2D eigenvalue weighted by atomic mass is 32.2. The van der Waals surface area contributed by atoms with Crippen LogP contribution in [0.5, 0.6) is 0 Å². The molecule has 4 aromatic rings. The van der Waals surface area contributed by atoms with Gasteiger partial charge < -0.3 is 20.4 Å². The molecule has 7 rings (SSSR count). The lowest BCUT2D eigenvalue weighted by atomic mass is 10.1. The molecule has 0 unspecified atom stereocenters. The van der Waals surface area contributed by atoms with E-state index in [2.05, 4.69) is 44.6 Å². The Labute approximate surface area is 250 Å². The van der Waals surface area contributed by atoms with E-state index in [-0.39, 0.29) is 17.1 Å². The normalized spacial score (nSPS) is 20.4. The molecule has 4 heterocycles. The van der Waals surface area contributed by atoms with Gasteiger partial charge in [0.1, 0.15) is 11.3 Å². The predicted molar refractivity (Wildman–Crippen MR) is 166 cm³/mol. The van der Waals surface area contributed by atoms with Gasteiger partial charge in [-0.15, -0.1) is 0 Å². The number of likely N-dealkylation sites (N-methyl/N-ethyl adjacent to an activating group) is 1. The molecule has 2 aromatic carbocycles. The third-order valence-corrected chi connectivity index (χ3v) is 10.9. The topological polar surface area (TPSA) is 112 Å². The summed E-state index contributed by atoms with van der Waals surface area (Å²) in [4.78, 5) is 18.9. The van der Waals surface area contributed by atoms with E-state index in [4.69, 9.17) is 9.97 Å². The summed E-state index contributed by atoms with van der Waals surface area (Å²) in [5, 5.41) is 6.37. The Morgan fingerprint density at radius 2 is 1.56 bits per heavy atom. The largest absolute Gasteiger partial charge is 0.369 e. The van der Waals surface area contributed by atoms with E-state index in [0.717, 1.165) is 57.5 Å². The molecule has 43 heavy (non-hydrogen) atoms. The zero-order valence-corrected chi connectivity index (χ0v) is 25.0. The van der Waals surface area contributed by atoms with Gasteiger partial charge >= 0.3 is 0 Å². The summed E-state index contributed by atoms with van der Waals surface area (Å²) in [5.41, 5.74) is 3.91. The van der Waals surface area contributed by atoms with Gasteiger partial charge in [0.05, 0.1) is 17.5 Å². The standard InChI is InChI=1S/C30H36FN9O2S/c1-37-15-17-38(18-16-37)24-10-8-22(9-11-24)33-29-32-19-27-28(36-29)40(30(35-27)34-23-6-4-21(31)5-7-23)25-3-2-14-39(20-25)43(41,42)26-12-13-26/h4-11,19,25-26H,2-3,12-18,20H2,1H3,(H,34,35)(H,32,33,36)/t25-/m0/s1. The van der Waals surface area contributed by atoms with Gasteiger partial charge in [-0.1, -0.05) is 0 Å². The highest BCUT2D eigenvalue weighted by Crippen LogP contribution is 2.36. The Morgan fingerprint density at radius 3 is 2.28 bits per heavy atom. The number of benzene rings is 2. The van der Waals surface area contributed by atoms with Crippen LogP contribution in [0.2, 0.25) is 0 Å². The van der Waals surface area contributed by atoms with Crippen molar-refractivity contribution >= 4 is 50.1 Å². The summed E-state index contributed by atoms with van der Waals surface area (Å²) in [6, 6.07) is 14.2. The second-order valence-electron chi connectivity index (χ2n) is 11.7. The van der Waals surface area contributed by atoms with Crippen LogP contribution in [-0.4, -0.2) is 88.7 Å². The first-order valence-electron chi connectivity index (χ1n) is 14.9. The first-order chi connectivity index (χ1) is 20.8. The van der Waals surface area contributed by atoms with E-state index in [9.17, 15) is 12.8 Å². The zero-order chi connectivity index (χ0) is 29.6. The van der Waals surface area contributed by atoms with E-state index >= 15 is 0 Å². The van der Waals surface area contributed by atoms with Crippen molar-refractivity contribution in [2.75, 3.05) is 61.8 Å². The number of piperidine rings is 1. The second kappa shape index (κ2) is 11.4. The van der Waals surface area contributed by atoms with Gasteiger partial charge in [-0.05, 0) is 81.3 Å². The first-order valence-corrected chi connectivity index (χ1v) is 16.4. The molecule has 0 radical (unpaired) electrons. The molecule has 226 valence electrons. The lowest BCUT2D eigenvalue weighted by Crippen LogP contribution is -2.44. The van der Waals surface area contributed by atoms with Crippen molar-refractivity contribution in [3.63, 3.8) is 0 Å². The fourth-order valence-corrected chi connectivity index (χ4v) is 7.85. The van der Waals surface area contributed by atoms with Crippen LogP contribution in [0, 0.1) is 5.82 Å². The van der Waals surface area contributed by atoms with Gasteiger partial charge in [-0.2, -0.15) is 9.29 Å². The average molecular weight is 606 g/mol. The number of halogens is 1. The summed E-state index contributed by atoms with van der Waals surface area (Å²) < 4.78 is 43.5. The van der Waals surface area contributed by atoms with Gasteiger partial charge in [0.15, 0.2) is 5.65 Å². The molecule has 13 heteroatoms. The van der Waals surface area contributed by atoms with Crippen molar-refractivity contribution < 1.29 is 12.8 Å². The minimum Gasteiger partial charge on any atom is -0.369 e. The van der Waals surface area contributed by atoms with Crippen LogP contribution in [0.3, 0.4) is 0 Å².